The molecule has 0 N–H and O–H groups in total. The van der Waals surface area contributed by atoms with Crippen LogP contribution in [-0.4, -0.2) is 26.9 Å². The van der Waals surface area contributed by atoms with E-state index in [2.05, 4.69) is 133 Å². The standard InChI is InChI=1S/C30H24Si.Li/c1-3-13-25(14-4-1)31(26-15-5-2-6-16-26,29-21-19-23-11-7-9-17-27(23)29)30-22-20-24-12-8-10-18-28(24)30;/h1-22,29-30H;. The predicted molar refractivity (Wildman–Crippen MR) is 140 cm³/mol. The van der Waals surface area contributed by atoms with Crippen LogP contribution in [0.2, 0.25) is 0 Å². The molecule has 2 atom stereocenters. The van der Waals surface area contributed by atoms with Crippen molar-refractivity contribution in [2.75, 3.05) is 0 Å². The molecule has 6 rings (SSSR count). The SMILES string of the molecule is C1=CC([Si](c2ccccc2)(c2ccccc2)C2C=Cc3ccccc32)c2ccccc21.[Li]. The van der Waals surface area contributed by atoms with E-state index in [4.69, 9.17) is 0 Å². The van der Waals surface area contributed by atoms with Crippen LogP contribution in [0.5, 0.6) is 0 Å². The Hall–Kier alpha value is -2.83. The van der Waals surface area contributed by atoms with E-state index in [1.807, 2.05) is 0 Å². The minimum atomic E-state index is -2.36. The van der Waals surface area contributed by atoms with Crippen LogP contribution in [0.4, 0.5) is 0 Å². The Kier molecular flexibility index (Phi) is 5.66. The van der Waals surface area contributed by atoms with Gasteiger partial charge in [-0.2, -0.15) is 0 Å². The second-order valence-corrected chi connectivity index (χ2v) is 12.7. The molecule has 0 amide bonds. The van der Waals surface area contributed by atoms with Crippen LogP contribution in [-0.2, 0) is 0 Å². The molecule has 149 valence electrons. The van der Waals surface area contributed by atoms with E-state index in [1.54, 1.807) is 0 Å². The molecule has 2 heteroatoms. The minimum Gasteiger partial charge on any atom is -0.0784 e. The number of hydrogen-bond donors (Lipinski definition) is 0. The van der Waals surface area contributed by atoms with Crippen molar-refractivity contribution in [3.63, 3.8) is 0 Å². The fraction of sp³-hybridized carbons (Fsp3) is 0.0667. The third-order valence-electron chi connectivity index (χ3n) is 7.08. The number of hydrogen-bond acceptors (Lipinski definition) is 0. The first-order valence-electron chi connectivity index (χ1n) is 11.0. The third-order valence-corrected chi connectivity index (χ3v) is 12.6. The topological polar surface area (TPSA) is 0 Å². The molecule has 1 radical (unpaired) electrons. The molecule has 4 aromatic carbocycles. The molecule has 0 heterocycles. The second kappa shape index (κ2) is 8.60. The maximum atomic E-state index is 2.49. The van der Waals surface area contributed by atoms with Gasteiger partial charge in [0.15, 0.2) is 0 Å². The molecule has 2 aliphatic carbocycles. The van der Waals surface area contributed by atoms with Crippen molar-refractivity contribution in [1.29, 1.82) is 0 Å². The Labute approximate surface area is 203 Å². The summed E-state index contributed by atoms with van der Waals surface area (Å²) in [5, 5.41) is 3.00. The van der Waals surface area contributed by atoms with Gasteiger partial charge >= 0.3 is 0 Å². The van der Waals surface area contributed by atoms with E-state index in [1.165, 1.54) is 32.6 Å². The Morgan fingerprint density at radius 1 is 0.438 bits per heavy atom. The molecule has 0 aromatic heterocycles. The van der Waals surface area contributed by atoms with E-state index in [-0.39, 0.29) is 18.9 Å². The van der Waals surface area contributed by atoms with Crippen LogP contribution < -0.4 is 10.4 Å². The van der Waals surface area contributed by atoms with E-state index < -0.39 is 8.07 Å². The summed E-state index contributed by atoms with van der Waals surface area (Å²) in [7, 11) is -2.36. The van der Waals surface area contributed by atoms with Crippen LogP contribution in [0.15, 0.2) is 121 Å². The Morgan fingerprint density at radius 3 is 1.25 bits per heavy atom. The molecule has 0 nitrogen and oxygen atoms in total. The summed E-state index contributed by atoms with van der Waals surface area (Å²) >= 11 is 0. The Bertz CT molecular complexity index is 1190. The molecule has 32 heavy (non-hydrogen) atoms. The van der Waals surface area contributed by atoms with Gasteiger partial charge in [-0.3, -0.25) is 0 Å². The summed E-state index contributed by atoms with van der Waals surface area (Å²) in [5.41, 5.74) is 6.45. The molecule has 2 unspecified atom stereocenters. The monoisotopic (exact) mass is 419 g/mol. The van der Waals surface area contributed by atoms with Gasteiger partial charge in [0.25, 0.3) is 0 Å². The van der Waals surface area contributed by atoms with E-state index in [9.17, 15) is 0 Å². The summed E-state index contributed by atoms with van der Waals surface area (Å²) in [6.07, 6.45) is 9.67. The van der Waals surface area contributed by atoms with Crippen LogP contribution >= 0.6 is 0 Å². The zero-order valence-electron chi connectivity index (χ0n) is 18.4. The van der Waals surface area contributed by atoms with Crippen molar-refractivity contribution in [2.24, 2.45) is 0 Å². The molecule has 0 aliphatic heterocycles. The summed E-state index contributed by atoms with van der Waals surface area (Å²) in [4.78, 5) is 0. The first-order valence-corrected chi connectivity index (χ1v) is 13.2. The minimum absolute atomic E-state index is 0. The van der Waals surface area contributed by atoms with Crippen molar-refractivity contribution in [2.45, 2.75) is 11.1 Å². The summed E-state index contributed by atoms with van der Waals surface area (Å²) in [6.45, 7) is 0. The second-order valence-electron chi connectivity index (χ2n) is 8.53. The van der Waals surface area contributed by atoms with Gasteiger partial charge in [-0.25, -0.2) is 0 Å². The zero-order valence-corrected chi connectivity index (χ0v) is 19.4. The first kappa shape index (κ1) is 21.0. The van der Waals surface area contributed by atoms with Gasteiger partial charge in [0, 0.05) is 29.9 Å². The van der Waals surface area contributed by atoms with Gasteiger partial charge in [0.2, 0.25) is 0 Å². The largest absolute Gasteiger partial charge is 0.139 e. The summed E-state index contributed by atoms with van der Waals surface area (Å²) in [6, 6.07) is 40.6. The van der Waals surface area contributed by atoms with Gasteiger partial charge < -0.3 is 0 Å². The van der Waals surface area contributed by atoms with E-state index in [0.717, 1.165) is 0 Å². The van der Waals surface area contributed by atoms with Crippen molar-refractivity contribution < 1.29 is 0 Å². The number of benzene rings is 4. The van der Waals surface area contributed by atoms with Gasteiger partial charge in [-0.1, -0.05) is 144 Å². The molecule has 0 saturated heterocycles. The molecular formula is C30H24LiSi. The molecule has 4 aromatic rings. The van der Waals surface area contributed by atoms with Crippen LogP contribution in [0, 0.1) is 0 Å². The smallest absolute Gasteiger partial charge is 0.0784 e. The first-order chi connectivity index (χ1) is 15.4. The van der Waals surface area contributed by atoms with Gasteiger partial charge in [-0.05, 0) is 22.3 Å². The molecule has 0 saturated carbocycles. The average molecular weight is 420 g/mol. The van der Waals surface area contributed by atoms with Crippen LogP contribution in [0.1, 0.15) is 33.3 Å². The molecule has 0 spiro atoms. The van der Waals surface area contributed by atoms with Gasteiger partial charge in [-0.15, -0.1) is 0 Å². The average Bonchev–Trinajstić information content (AvgIpc) is 3.47. The molecule has 0 fully saturated rings. The maximum absolute atomic E-state index is 2.49. The fourth-order valence-corrected chi connectivity index (χ4v) is 11.8. The van der Waals surface area contributed by atoms with Gasteiger partial charge in [0.1, 0.15) is 8.07 Å². The van der Waals surface area contributed by atoms with Crippen molar-refractivity contribution >= 4 is 49.5 Å². The summed E-state index contributed by atoms with van der Waals surface area (Å²) in [5.74, 6) is 0. The predicted octanol–water partition coefficient (Wildman–Crippen LogP) is 5.57. The van der Waals surface area contributed by atoms with Crippen LogP contribution in [0.25, 0.3) is 12.2 Å². The number of allylic oxidation sites excluding steroid dienone is 2. The quantitative estimate of drug-likeness (QED) is 0.380. The van der Waals surface area contributed by atoms with Crippen molar-refractivity contribution in [3.05, 3.63) is 144 Å². The van der Waals surface area contributed by atoms with E-state index in [0.29, 0.717) is 11.1 Å². The Balaban J connectivity index is 0.00000216. The van der Waals surface area contributed by atoms with Crippen molar-refractivity contribution in [3.8, 4) is 0 Å². The molecule has 2 aliphatic rings. The molecular weight excluding hydrogens is 395 g/mol. The van der Waals surface area contributed by atoms with Gasteiger partial charge in [0.05, 0.1) is 0 Å². The third kappa shape index (κ3) is 3.13. The number of fused-ring (bicyclic) bond motifs is 2. The summed E-state index contributed by atoms with van der Waals surface area (Å²) < 4.78 is 0. The van der Waals surface area contributed by atoms with Crippen molar-refractivity contribution in [1.82, 2.24) is 0 Å². The fourth-order valence-electron chi connectivity index (χ4n) is 5.80. The normalized spacial score (nSPS) is 18.1. The van der Waals surface area contributed by atoms with E-state index >= 15 is 0 Å². The molecule has 0 bridgehead atoms. The Morgan fingerprint density at radius 2 is 0.812 bits per heavy atom. The maximum Gasteiger partial charge on any atom is 0.139 e. The van der Waals surface area contributed by atoms with Crippen LogP contribution in [0.3, 0.4) is 0 Å². The number of rotatable bonds is 4. The zero-order chi connectivity index (χ0) is 20.7.